The van der Waals surface area contributed by atoms with Gasteiger partial charge in [0.25, 0.3) is 0 Å². The largest absolute Gasteiger partial charge is 0.447 e. The van der Waals surface area contributed by atoms with E-state index in [0.717, 1.165) is 27.7 Å². The number of hydrogen-bond donors (Lipinski definition) is 2. The summed E-state index contributed by atoms with van der Waals surface area (Å²) in [7, 11) is 1.55. The first kappa shape index (κ1) is 19.7. The van der Waals surface area contributed by atoms with Crippen molar-refractivity contribution in [2.75, 3.05) is 31.0 Å². The van der Waals surface area contributed by atoms with Crippen LogP contribution in [0.1, 0.15) is 11.9 Å². The number of carbonyl (C=O) groups is 1. The lowest BCUT2D eigenvalue weighted by Gasteiger charge is -2.08. The number of amides is 1. The van der Waals surface area contributed by atoms with Crippen LogP contribution < -0.4 is 10.6 Å². The monoisotopic (exact) mass is 399 g/mol. The van der Waals surface area contributed by atoms with E-state index in [2.05, 4.69) is 32.5 Å². The predicted molar refractivity (Wildman–Crippen MR) is 109 cm³/mol. The summed E-state index contributed by atoms with van der Waals surface area (Å²) in [5.74, 6) is 0.489. The van der Waals surface area contributed by atoms with E-state index in [1.807, 2.05) is 24.4 Å². The molecule has 0 aliphatic rings. The summed E-state index contributed by atoms with van der Waals surface area (Å²) in [4.78, 5) is 25.8. The van der Waals surface area contributed by atoms with Gasteiger partial charge in [-0.3, -0.25) is 5.32 Å². The number of anilines is 3. The smallest absolute Gasteiger partial charge is 0.411 e. The molecule has 8 nitrogen and oxygen atoms in total. The standard InChI is InChI=1S/C19H21N5O3S/c1-3-17-21-12-16(28-17)15-8-9-20-18(24-15)22-13-4-6-14(7-5-13)23-19(25)27-11-10-26-2/h4-9,12H,3,10-11H2,1-2H3,(H,23,25)(H,20,22,24). The molecular formula is C19H21N5O3S. The molecule has 0 saturated heterocycles. The molecule has 0 atom stereocenters. The average Bonchev–Trinajstić information content (AvgIpc) is 3.19. The fourth-order valence-corrected chi connectivity index (χ4v) is 3.11. The highest BCUT2D eigenvalue weighted by Crippen LogP contribution is 2.25. The Labute approximate surface area is 167 Å². The molecule has 0 aliphatic heterocycles. The molecule has 0 spiro atoms. The van der Waals surface area contributed by atoms with Gasteiger partial charge in [0, 0.05) is 30.9 Å². The minimum atomic E-state index is -0.523. The normalized spacial score (nSPS) is 10.5. The van der Waals surface area contributed by atoms with Crippen LogP contribution in [0.25, 0.3) is 10.6 Å². The minimum absolute atomic E-state index is 0.204. The van der Waals surface area contributed by atoms with Gasteiger partial charge in [0.05, 0.1) is 22.2 Å². The zero-order valence-electron chi connectivity index (χ0n) is 15.6. The summed E-state index contributed by atoms with van der Waals surface area (Å²) < 4.78 is 9.79. The minimum Gasteiger partial charge on any atom is -0.447 e. The topological polar surface area (TPSA) is 98.3 Å². The van der Waals surface area contributed by atoms with Crippen molar-refractivity contribution in [3.8, 4) is 10.6 Å². The number of rotatable bonds is 8. The van der Waals surface area contributed by atoms with Gasteiger partial charge in [0.15, 0.2) is 0 Å². The molecule has 1 amide bonds. The first-order valence-corrected chi connectivity index (χ1v) is 9.57. The van der Waals surface area contributed by atoms with Gasteiger partial charge < -0.3 is 14.8 Å². The first-order chi connectivity index (χ1) is 13.7. The van der Waals surface area contributed by atoms with E-state index in [1.165, 1.54) is 0 Å². The van der Waals surface area contributed by atoms with Crippen LogP contribution in [0.15, 0.2) is 42.7 Å². The van der Waals surface area contributed by atoms with Gasteiger partial charge >= 0.3 is 6.09 Å². The Morgan fingerprint density at radius 1 is 1.11 bits per heavy atom. The molecule has 9 heteroatoms. The lowest BCUT2D eigenvalue weighted by Crippen LogP contribution is -2.16. The molecule has 146 valence electrons. The number of benzene rings is 1. The van der Waals surface area contributed by atoms with E-state index in [-0.39, 0.29) is 6.61 Å². The maximum absolute atomic E-state index is 11.6. The van der Waals surface area contributed by atoms with Crippen molar-refractivity contribution >= 4 is 34.8 Å². The highest BCUT2D eigenvalue weighted by Gasteiger charge is 2.07. The highest BCUT2D eigenvalue weighted by molar-refractivity contribution is 7.15. The van der Waals surface area contributed by atoms with Crippen molar-refractivity contribution < 1.29 is 14.3 Å². The third kappa shape index (κ3) is 5.48. The van der Waals surface area contributed by atoms with Crippen molar-refractivity contribution in [1.82, 2.24) is 15.0 Å². The van der Waals surface area contributed by atoms with Gasteiger partial charge in [-0.1, -0.05) is 6.92 Å². The predicted octanol–water partition coefficient (Wildman–Crippen LogP) is 4.10. The van der Waals surface area contributed by atoms with Crippen LogP contribution in [0.3, 0.4) is 0 Å². The molecule has 0 bridgehead atoms. The van der Waals surface area contributed by atoms with Gasteiger partial charge in [0.1, 0.15) is 6.61 Å². The molecule has 2 heterocycles. The number of ether oxygens (including phenoxy) is 2. The first-order valence-electron chi connectivity index (χ1n) is 8.76. The van der Waals surface area contributed by atoms with E-state index in [0.29, 0.717) is 18.2 Å². The van der Waals surface area contributed by atoms with Crippen LogP contribution in [0.4, 0.5) is 22.1 Å². The summed E-state index contributed by atoms with van der Waals surface area (Å²) in [6.45, 7) is 2.64. The number of aryl methyl sites for hydroxylation is 1. The number of nitrogens with one attached hydrogen (secondary N) is 2. The molecule has 2 aromatic heterocycles. The third-order valence-corrected chi connectivity index (χ3v) is 4.84. The van der Waals surface area contributed by atoms with Crippen molar-refractivity contribution in [1.29, 1.82) is 0 Å². The summed E-state index contributed by atoms with van der Waals surface area (Å²) in [5.41, 5.74) is 2.25. The Bertz CT molecular complexity index is 914. The Hall–Kier alpha value is -3.04. The molecule has 28 heavy (non-hydrogen) atoms. The quantitative estimate of drug-likeness (QED) is 0.550. The van der Waals surface area contributed by atoms with E-state index in [9.17, 15) is 4.79 Å². The van der Waals surface area contributed by atoms with Gasteiger partial charge in [-0.05, 0) is 36.8 Å². The fraction of sp³-hybridized carbons (Fsp3) is 0.263. The number of hydrogen-bond acceptors (Lipinski definition) is 8. The Morgan fingerprint density at radius 3 is 2.61 bits per heavy atom. The number of nitrogens with zero attached hydrogens (tertiary/aromatic N) is 3. The molecule has 0 saturated carbocycles. The second-order valence-electron chi connectivity index (χ2n) is 5.69. The van der Waals surface area contributed by atoms with E-state index >= 15 is 0 Å². The second kappa shape index (κ2) is 9.77. The number of thiazole rings is 1. The van der Waals surface area contributed by atoms with Gasteiger partial charge in [0.2, 0.25) is 5.95 Å². The van der Waals surface area contributed by atoms with E-state index in [1.54, 1.807) is 36.8 Å². The van der Waals surface area contributed by atoms with Crippen LogP contribution in [0.5, 0.6) is 0 Å². The highest BCUT2D eigenvalue weighted by atomic mass is 32.1. The maximum atomic E-state index is 11.6. The van der Waals surface area contributed by atoms with Crippen molar-refractivity contribution in [3.05, 3.63) is 47.7 Å². The SMILES string of the molecule is CCc1ncc(-c2ccnc(Nc3ccc(NC(=O)OCCOC)cc3)n2)s1. The lowest BCUT2D eigenvalue weighted by atomic mass is 10.3. The zero-order valence-corrected chi connectivity index (χ0v) is 16.5. The molecular weight excluding hydrogens is 378 g/mol. The van der Waals surface area contributed by atoms with E-state index < -0.39 is 6.09 Å². The summed E-state index contributed by atoms with van der Waals surface area (Å²) in [6, 6.07) is 9.03. The van der Waals surface area contributed by atoms with Crippen molar-refractivity contribution in [3.63, 3.8) is 0 Å². The zero-order chi connectivity index (χ0) is 19.8. The van der Waals surface area contributed by atoms with Gasteiger partial charge in [-0.2, -0.15) is 0 Å². The summed E-state index contributed by atoms with van der Waals surface area (Å²) >= 11 is 1.63. The van der Waals surface area contributed by atoms with Crippen LogP contribution in [0.2, 0.25) is 0 Å². The number of aromatic nitrogens is 3. The van der Waals surface area contributed by atoms with Crippen LogP contribution in [-0.2, 0) is 15.9 Å². The molecule has 1 aromatic carbocycles. The van der Waals surface area contributed by atoms with Crippen molar-refractivity contribution in [2.24, 2.45) is 0 Å². The molecule has 0 aliphatic carbocycles. The lowest BCUT2D eigenvalue weighted by molar-refractivity contribution is 0.107. The maximum Gasteiger partial charge on any atom is 0.411 e. The van der Waals surface area contributed by atoms with Gasteiger partial charge in [-0.25, -0.2) is 19.7 Å². The molecule has 0 unspecified atom stereocenters. The fourth-order valence-electron chi connectivity index (χ4n) is 2.29. The average molecular weight is 399 g/mol. The van der Waals surface area contributed by atoms with E-state index in [4.69, 9.17) is 9.47 Å². The summed E-state index contributed by atoms with van der Waals surface area (Å²) in [6.07, 6.45) is 3.93. The molecule has 0 radical (unpaired) electrons. The van der Waals surface area contributed by atoms with Gasteiger partial charge in [-0.15, -0.1) is 11.3 Å². The molecule has 2 N–H and O–H groups in total. The number of methoxy groups -OCH3 is 1. The summed E-state index contributed by atoms with van der Waals surface area (Å²) in [5, 5.41) is 6.88. The van der Waals surface area contributed by atoms with Crippen LogP contribution >= 0.6 is 11.3 Å². The van der Waals surface area contributed by atoms with Crippen LogP contribution in [-0.4, -0.2) is 41.4 Å². The molecule has 0 fully saturated rings. The molecule has 3 rings (SSSR count). The van der Waals surface area contributed by atoms with Crippen molar-refractivity contribution in [2.45, 2.75) is 13.3 Å². The Morgan fingerprint density at radius 2 is 1.89 bits per heavy atom. The third-order valence-electron chi connectivity index (χ3n) is 3.67. The molecule has 3 aromatic rings. The van der Waals surface area contributed by atoms with Crippen LogP contribution in [0, 0.1) is 0 Å². The Balaban J connectivity index is 1.61. The number of carbonyl (C=O) groups excluding carboxylic acids is 1. The Kier molecular flexibility index (Phi) is 6.88. The second-order valence-corrected chi connectivity index (χ2v) is 6.81.